The molecule has 0 spiro atoms. The van der Waals surface area contributed by atoms with Crippen molar-refractivity contribution in [3.63, 3.8) is 0 Å². The number of rotatable bonds is 11. The normalized spacial score (nSPS) is 28.6. The molecule has 1 fully saturated rings. The van der Waals surface area contributed by atoms with Gasteiger partial charge in [-0.1, -0.05) is 25.7 Å². The molecule has 0 radical (unpaired) electrons. The number of carbonyl (C=O) groups is 2. The lowest BCUT2D eigenvalue weighted by Gasteiger charge is -2.41. The van der Waals surface area contributed by atoms with Gasteiger partial charge in [-0.3, -0.25) is 9.59 Å². The number of aliphatic hydroxyl groups excluding tert-OH is 2. The van der Waals surface area contributed by atoms with Gasteiger partial charge < -0.3 is 29.7 Å². The van der Waals surface area contributed by atoms with Gasteiger partial charge in [-0.15, -0.1) is 0 Å². The molecule has 0 aromatic carbocycles. The fraction of sp³-hybridized carbons (Fsp3) is 0.889. The average molecular weight is 375 g/mol. The van der Waals surface area contributed by atoms with Crippen molar-refractivity contribution in [1.29, 1.82) is 0 Å². The van der Waals surface area contributed by atoms with Gasteiger partial charge in [0.05, 0.1) is 13.2 Å². The second-order valence-electron chi connectivity index (χ2n) is 6.74. The zero-order chi connectivity index (χ0) is 19.5. The number of aliphatic hydroxyl groups is 2. The number of methoxy groups -OCH3 is 1. The first kappa shape index (κ1) is 22.8. The summed E-state index contributed by atoms with van der Waals surface area (Å²) in [6.07, 6.45) is 2.64. The van der Waals surface area contributed by atoms with Crippen molar-refractivity contribution in [2.75, 3.05) is 13.7 Å². The molecule has 8 heteroatoms. The molecule has 1 rings (SSSR count). The van der Waals surface area contributed by atoms with Gasteiger partial charge in [0.15, 0.2) is 6.29 Å². The lowest BCUT2D eigenvalue weighted by molar-refractivity contribution is -0.260. The van der Waals surface area contributed by atoms with E-state index in [1.807, 2.05) is 0 Å². The number of unbranched alkanes of at least 4 members (excludes halogenated alkanes) is 5. The lowest BCUT2D eigenvalue weighted by atomic mass is 9.97. The van der Waals surface area contributed by atoms with Crippen LogP contribution in [0.3, 0.4) is 0 Å². The third kappa shape index (κ3) is 7.99. The summed E-state index contributed by atoms with van der Waals surface area (Å²) in [4.78, 5) is 22.3. The first-order valence-corrected chi connectivity index (χ1v) is 9.34. The largest absolute Gasteiger partial charge is 0.469 e. The van der Waals surface area contributed by atoms with E-state index in [1.54, 1.807) is 6.92 Å². The zero-order valence-electron chi connectivity index (χ0n) is 16.0. The SMILES string of the molecule is COC(=O)CCCCCCCCO[C@H]1O[C@@H](C)[C@@H](O)[C@@H](O)[C@@H]1NC(C)=O. The van der Waals surface area contributed by atoms with Crippen LogP contribution >= 0.6 is 0 Å². The number of esters is 1. The highest BCUT2D eigenvalue weighted by Crippen LogP contribution is 2.22. The van der Waals surface area contributed by atoms with E-state index in [-0.39, 0.29) is 11.9 Å². The van der Waals surface area contributed by atoms with Gasteiger partial charge in [0.25, 0.3) is 0 Å². The molecule has 1 saturated heterocycles. The van der Waals surface area contributed by atoms with Gasteiger partial charge in [-0.25, -0.2) is 0 Å². The summed E-state index contributed by atoms with van der Waals surface area (Å²) in [5.74, 6) is -0.485. The minimum atomic E-state index is -1.14. The first-order chi connectivity index (χ1) is 12.4. The predicted molar refractivity (Wildman–Crippen MR) is 94.2 cm³/mol. The third-order valence-corrected chi connectivity index (χ3v) is 4.50. The molecule has 1 amide bonds. The summed E-state index contributed by atoms with van der Waals surface area (Å²) in [5.41, 5.74) is 0. The molecule has 0 unspecified atom stereocenters. The average Bonchev–Trinajstić information content (AvgIpc) is 2.60. The second kappa shape index (κ2) is 12.2. The summed E-state index contributed by atoms with van der Waals surface area (Å²) in [7, 11) is 1.40. The molecule has 5 atom stereocenters. The Balaban J connectivity index is 2.21. The fourth-order valence-corrected chi connectivity index (χ4v) is 2.94. The Morgan fingerprint density at radius 1 is 1.04 bits per heavy atom. The maximum absolute atomic E-state index is 11.3. The number of ether oxygens (including phenoxy) is 3. The maximum Gasteiger partial charge on any atom is 0.305 e. The number of carbonyl (C=O) groups excluding carboxylic acids is 2. The minimum Gasteiger partial charge on any atom is -0.469 e. The van der Waals surface area contributed by atoms with Crippen molar-refractivity contribution < 1.29 is 34.0 Å². The van der Waals surface area contributed by atoms with Crippen molar-refractivity contribution >= 4 is 11.9 Å². The van der Waals surface area contributed by atoms with Gasteiger partial charge in [-0.05, 0) is 19.8 Å². The summed E-state index contributed by atoms with van der Waals surface area (Å²) in [5, 5.41) is 22.6. The quantitative estimate of drug-likeness (QED) is 0.363. The molecule has 0 aromatic rings. The molecule has 0 aliphatic carbocycles. The topological polar surface area (TPSA) is 114 Å². The van der Waals surface area contributed by atoms with E-state index < -0.39 is 30.6 Å². The van der Waals surface area contributed by atoms with E-state index in [9.17, 15) is 19.8 Å². The van der Waals surface area contributed by atoms with Crippen molar-refractivity contribution in [2.24, 2.45) is 0 Å². The van der Waals surface area contributed by atoms with Crippen LogP contribution in [0.4, 0.5) is 0 Å². The van der Waals surface area contributed by atoms with Gasteiger partial charge in [0, 0.05) is 20.0 Å². The van der Waals surface area contributed by atoms with E-state index in [0.29, 0.717) is 13.0 Å². The molecule has 0 bridgehead atoms. The number of hydrogen-bond donors (Lipinski definition) is 3. The zero-order valence-corrected chi connectivity index (χ0v) is 16.0. The highest BCUT2D eigenvalue weighted by Gasteiger charge is 2.43. The molecule has 1 aliphatic rings. The Kier molecular flexibility index (Phi) is 10.7. The van der Waals surface area contributed by atoms with Crippen LogP contribution in [0.5, 0.6) is 0 Å². The van der Waals surface area contributed by atoms with Crippen LogP contribution in [0, 0.1) is 0 Å². The molecule has 0 saturated carbocycles. The molecule has 0 aromatic heterocycles. The fourth-order valence-electron chi connectivity index (χ4n) is 2.94. The van der Waals surface area contributed by atoms with Crippen LogP contribution in [0.2, 0.25) is 0 Å². The van der Waals surface area contributed by atoms with Crippen LogP contribution in [0.15, 0.2) is 0 Å². The number of hydrogen-bond acceptors (Lipinski definition) is 7. The molecule has 26 heavy (non-hydrogen) atoms. The van der Waals surface area contributed by atoms with Crippen molar-refractivity contribution in [2.45, 2.75) is 89.4 Å². The van der Waals surface area contributed by atoms with Crippen LogP contribution in [0.1, 0.15) is 58.8 Å². The highest BCUT2D eigenvalue weighted by molar-refractivity contribution is 5.73. The molecular formula is C18H33NO7. The van der Waals surface area contributed by atoms with Crippen molar-refractivity contribution in [1.82, 2.24) is 5.32 Å². The van der Waals surface area contributed by atoms with Crippen LogP contribution in [0.25, 0.3) is 0 Å². The third-order valence-electron chi connectivity index (χ3n) is 4.50. The van der Waals surface area contributed by atoms with Crippen molar-refractivity contribution in [3.05, 3.63) is 0 Å². The monoisotopic (exact) mass is 375 g/mol. The Morgan fingerprint density at radius 3 is 2.27 bits per heavy atom. The number of nitrogens with one attached hydrogen (secondary N) is 1. The predicted octanol–water partition coefficient (Wildman–Crippen LogP) is 0.878. The van der Waals surface area contributed by atoms with Gasteiger partial charge in [0.1, 0.15) is 18.2 Å². The van der Waals surface area contributed by atoms with Gasteiger partial charge in [0.2, 0.25) is 5.91 Å². The van der Waals surface area contributed by atoms with E-state index in [1.165, 1.54) is 14.0 Å². The molecule has 8 nitrogen and oxygen atoms in total. The van der Waals surface area contributed by atoms with E-state index in [0.717, 1.165) is 38.5 Å². The molecular weight excluding hydrogens is 342 g/mol. The van der Waals surface area contributed by atoms with Crippen LogP contribution in [-0.4, -0.2) is 66.4 Å². The Labute approximate surface area is 155 Å². The first-order valence-electron chi connectivity index (χ1n) is 9.34. The lowest BCUT2D eigenvalue weighted by Crippen LogP contribution is -2.63. The molecule has 1 aliphatic heterocycles. The standard InChI is InChI=1S/C18H33NO7/c1-12-16(22)17(23)15(19-13(2)20)18(26-12)25-11-9-7-5-4-6-8-10-14(21)24-3/h12,15-18,22-23H,4-11H2,1-3H3,(H,19,20)/t12-,15-,16+,17-,18-/m0/s1. The summed E-state index contributed by atoms with van der Waals surface area (Å²) >= 11 is 0. The smallest absolute Gasteiger partial charge is 0.305 e. The maximum atomic E-state index is 11.3. The van der Waals surface area contributed by atoms with E-state index in [2.05, 4.69) is 10.1 Å². The molecule has 3 N–H and O–H groups in total. The summed E-state index contributed by atoms with van der Waals surface area (Å²) in [6, 6.07) is -0.794. The van der Waals surface area contributed by atoms with Gasteiger partial charge >= 0.3 is 5.97 Å². The minimum absolute atomic E-state index is 0.166. The van der Waals surface area contributed by atoms with Crippen LogP contribution in [-0.2, 0) is 23.8 Å². The van der Waals surface area contributed by atoms with Crippen molar-refractivity contribution in [3.8, 4) is 0 Å². The second-order valence-corrected chi connectivity index (χ2v) is 6.74. The summed E-state index contributed by atoms with van der Waals surface area (Å²) < 4.78 is 15.9. The number of amides is 1. The van der Waals surface area contributed by atoms with E-state index in [4.69, 9.17) is 9.47 Å². The molecule has 1 heterocycles. The highest BCUT2D eigenvalue weighted by atomic mass is 16.7. The Bertz CT molecular complexity index is 432. The Morgan fingerprint density at radius 2 is 1.65 bits per heavy atom. The van der Waals surface area contributed by atoms with Crippen LogP contribution < -0.4 is 5.32 Å². The summed E-state index contributed by atoms with van der Waals surface area (Å²) in [6.45, 7) is 3.44. The molecule has 152 valence electrons. The van der Waals surface area contributed by atoms with Gasteiger partial charge in [-0.2, -0.15) is 0 Å². The van der Waals surface area contributed by atoms with E-state index >= 15 is 0 Å². The Hall–Kier alpha value is -1.22.